The fourth-order valence-corrected chi connectivity index (χ4v) is 3.15. The number of thiocarbonyl (C=S) groups is 1. The van der Waals surface area contributed by atoms with Gasteiger partial charge in [0.1, 0.15) is 0 Å². The van der Waals surface area contributed by atoms with Gasteiger partial charge in [-0.3, -0.25) is 14.9 Å². The predicted molar refractivity (Wildman–Crippen MR) is 103 cm³/mol. The maximum Gasteiger partial charge on any atom is 0.293 e. The van der Waals surface area contributed by atoms with Crippen molar-refractivity contribution in [1.29, 1.82) is 0 Å². The van der Waals surface area contributed by atoms with Gasteiger partial charge >= 0.3 is 0 Å². The minimum atomic E-state index is -0.441. The van der Waals surface area contributed by atoms with Crippen molar-refractivity contribution in [2.75, 3.05) is 18.4 Å². The van der Waals surface area contributed by atoms with Crippen molar-refractivity contribution in [3.63, 3.8) is 0 Å². The molecule has 2 N–H and O–H groups in total. The van der Waals surface area contributed by atoms with E-state index in [1.165, 1.54) is 6.26 Å². The van der Waals surface area contributed by atoms with Gasteiger partial charge in [-0.25, -0.2) is 0 Å². The second kappa shape index (κ2) is 8.62. The average molecular weight is 371 g/mol. The van der Waals surface area contributed by atoms with Crippen molar-refractivity contribution in [3.05, 3.63) is 54.0 Å². The number of nitrogens with one attached hydrogen (secondary N) is 2. The number of carbonyl (C=O) groups excluding carboxylic acids is 2. The van der Waals surface area contributed by atoms with Crippen LogP contribution < -0.4 is 10.6 Å². The minimum absolute atomic E-state index is 0.0184. The average Bonchev–Trinajstić information content (AvgIpc) is 3.04. The van der Waals surface area contributed by atoms with Crippen LogP contribution in [0.3, 0.4) is 0 Å². The van der Waals surface area contributed by atoms with Crippen LogP contribution in [0.1, 0.15) is 46.6 Å². The highest BCUT2D eigenvalue weighted by molar-refractivity contribution is 7.80. The molecule has 0 unspecified atom stereocenters. The molecule has 1 aliphatic heterocycles. The monoisotopic (exact) mass is 371 g/mol. The lowest BCUT2D eigenvalue weighted by Crippen LogP contribution is -2.36. The van der Waals surface area contributed by atoms with Crippen LogP contribution >= 0.6 is 12.2 Å². The van der Waals surface area contributed by atoms with Gasteiger partial charge in [-0.05, 0) is 49.3 Å². The number of hydrogen-bond acceptors (Lipinski definition) is 4. The Hall–Kier alpha value is -2.67. The molecule has 0 aliphatic carbocycles. The molecule has 0 spiro atoms. The number of carbonyl (C=O) groups is 2. The maximum atomic E-state index is 12.9. The third-order valence-electron chi connectivity index (χ3n) is 4.27. The van der Waals surface area contributed by atoms with E-state index in [4.69, 9.17) is 16.6 Å². The van der Waals surface area contributed by atoms with Gasteiger partial charge in [-0.1, -0.05) is 25.0 Å². The predicted octanol–water partition coefficient (Wildman–Crippen LogP) is 3.42. The molecule has 2 aromatic rings. The molecule has 1 saturated heterocycles. The summed E-state index contributed by atoms with van der Waals surface area (Å²) >= 11 is 5.20. The number of anilines is 1. The Morgan fingerprint density at radius 3 is 2.42 bits per heavy atom. The molecule has 2 heterocycles. The molecule has 136 valence electrons. The molecule has 26 heavy (non-hydrogen) atoms. The first-order valence-corrected chi connectivity index (χ1v) is 9.10. The van der Waals surface area contributed by atoms with Gasteiger partial charge in [0.05, 0.1) is 17.5 Å². The number of nitrogens with zero attached hydrogens (tertiary/aromatic N) is 1. The Morgan fingerprint density at radius 2 is 1.73 bits per heavy atom. The topological polar surface area (TPSA) is 74.6 Å². The van der Waals surface area contributed by atoms with E-state index >= 15 is 0 Å². The van der Waals surface area contributed by atoms with Crippen molar-refractivity contribution >= 4 is 34.8 Å². The summed E-state index contributed by atoms with van der Waals surface area (Å²) in [7, 11) is 0. The summed E-state index contributed by atoms with van der Waals surface area (Å²) < 4.78 is 5.04. The van der Waals surface area contributed by atoms with Crippen LogP contribution in [0, 0.1) is 0 Å². The van der Waals surface area contributed by atoms with E-state index in [1.54, 1.807) is 24.3 Å². The van der Waals surface area contributed by atoms with Crippen molar-refractivity contribution in [3.8, 4) is 0 Å². The molecule has 1 fully saturated rings. The van der Waals surface area contributed by atoms with Gasteiger partial charge < -0.3 is 14.6 Å². The Kier molecular flexibility index (Phi) is 6.01. The summed E-state index contributed by atoms with van der Waals surface area (Å²) in [6, 6.07) is 10.4. The minimum Gasteiger partial charge on any atom is -0.459 e. The van der Waals surface area contributed by atoms with Crippen LogP contribution in [0.2, 0.25) is 0 Å². The quantitative estimate of drug-likeness (QED) is 0.809. The Morgan fingerprint density at radius 1 is 1.00 bits per heavy atom. The van der Waals surface area contributed by atoms with Gasteiger partial charge in [-0.15, -0.1) is 0 Å². The summed E-state index contributed by atoms with van der Waals surface area (Å²) in [5, 5.41) is 5.61. The van der Waals surface area contributed by atoms with Gasteiger partial charge in [0.15, 0.2) is 10.9 Å². The summed E-state index contributed by atoms with van der Waals surface area (Å²) in [5.74, 6) is -0.290. The number of benzene rings is 1. The molecule has 1 aliphatic rings. The molecule has 2 amide bonds. The van der Waals surface area contributed by atoms with Gasteiger partial charge in [0.2, 0.25) is 0 Å². The van der Waals surface area contributed by atoms with Crippen LogP contribution in [0.5, 0.6) is 0 Å². The van der Waals surface area contributed by atoms with Crippen LogP contribution in [0.15, 0.2) is 47.1 Å². The van der Waals surface area contributed by atoms with E-state index < -0.39 is 5.91 Å². The highest BCUT2D eigenvalue weighted by atomic mass is 32.1. The van der Waals surface area contributed by atoms with E-state index in [1.807, 2.05) is 17.0 Å². The van der Waals surface area contributed by atoms with Crippen LogP contribution in [0.25, 0.3) is 0 Å². The zero-order chi connectivity index (χ0) is 18.4. The van der Waals surface area contributed by atoms with E-state index in [2.05, 4.69) is 10.6 Å². The maximum absolute atomic E-state index is 12.9. The molecule has 0 radical (unpaired) electrons. The number of furan rings is 1. The lowest BCUT2D eigenvalue weighted by atomic mass is 10.1. The van der Waals surface area contributed by atoms with Crippen LogP contribution in [-0.2, 0) is 0 Å². The fraction of sp³-hybridized carbons (Fsp3) is 0.316. The fourth-order valence-electron chi connectivity index (χ4n) is 2.95. The molecular formula is C19H21N3O3S. The molecular weight excluding hydrogens is 350 g/mol. The lowest BCUT2D eigenvalue weighted by molar-refractivity contribution is 0.0762. The Bertz CT molecular complexity index is 781. The molecule has 0 atom stereocenters. The van der Waals surface area contributed by atoms with E-state index in [0.717, 1.165) is 38.8 Å². The number of hydrogen-bond donors (Lipinski definition) is 2. The van der Waals surface area contributed by atoms with Crippen molar-refractivity contribution in [1.82, 2.24) is 10.2 Å². The second-order valence-corrected chi connectivity index (χ2v) is 6.55. The molecule has 1 aromatic carbocycles. The summed E-state index contributed by atoms with van der Waals surface area (Å²) in [6.45, 7) is 1.54. The Labute approximate surface area is 157 Å². The normalized spacial score (nSPS) is 14.4. The number of rotatable bonds is 3. The summed E-state index contributed by atoms with van der Waals surface area (Å²) in [6.07, 6.45) is 5.79. The molecule has 3 rings (SSSR count). The van der Waals surface area contributed by atoms with E-state index in [0.29, 0.717) is 11.3 Å². The van der Waals surface area contributed by atoms with E-state index in [-0.39, 0.29) is 16.8 Å². The van der Waals surface area contributed by atoms with Crippen LogP contribution in [0.4, 0.5) is 5.69 Å². The Balaban J connectivity index is 1.69. The summed E-state index contributed by atoms with van der Waals surface area (Å²) in [4.78, 5) is 26.8. The molecule has 6 nitrogen and oxygen atoms in total. The first-order valence-electron chi connectivity index (χ1n) is 8.69. The van der Waals surface area contributed by atoms with Crippen LogP contribution in [-0.4, -0.2) is 34.9 Å². The van der Waals surface area contributed by atoms with Gasteiger partial charge in [0, 0.05) is 13.1 Å². The number of amides is 2. The number of likely N-dealkylation sites (tertiary alicyclic amines) is 1. The zero-order valence-corrected chi connectivity index (χ0v) is 15.2. The molecule has 1 aromatic heterocycles. The standard InChI is InChI=1S/C19H21N3O3S/c23-17(16-10-7-13-25-16)21-19(26)20-15-9-4-3-8-14(15)18(24)22-11-5-1-2-6-12-22/h3-4,7-10,13H,1-2,5-6,11-12H2,(H2,20,21,23,26). The van der Waals surface area contributed by atoms with Crippen molar-refractivity contribution in [2.45, 2.75) is 25.7 Å². The summed E-state index contributed by atoms with van der Waals surface area (Å²) in [5.41, 5.74) is 1.12. The third-order valence-corrected chi connectivity index (χ3v) is 4.48. The molecule has 7 heteroatoms. The van der Waals surface area contributed by atoms with Crippen molar-refractivity contribution in [2.24, 2.45) is 0 Å². The van der Waals surface area contributed by atoms with E-state index in [9.17, 15) is 9.59 Å². The highest BCUT2D eigenvalue weighted by Crippen LogP contribution is 2.20. The lowest BCUT2D eigenvalue weighted by Gasteiger charge is -2.22. The molecule has 0 saturated carbocycles. The van der Waals surface area contributed by atoms with Gasteiger partial charge in [-0.2, -0.15) is 0 Å². The third kappa shape index (κ3) is 4.49. The van der Waals surface area contributed by atoms with Crippen molar-refractivity contribution < 1.29 is 14.0 Å². The highest BCUT2D eigenvalue weighted by Gasteiger charge is 2.20. The smallest absolute Gasteiger partial charge is 0.293 e. The van der Waals surface area contributed by atoms with Gasteiger partial charge in [0.25, 0.3) is 11.8 Å². The first-order chi connectivity index (χ1) is 12.6. The largest absolute Gasteiger partial charge is 0.459 e. The SMILES string of the molecule is O=C(NC(=S)Nc1ccccc1C(=O)N1CCCCCC1)c1ccco1. The second-order valence-electron chi connectivity index (χ2n) is 6.14. The number of para-hydroxylation sites is 1. The molecule has 0 bridgehead atoms. The zero-order valence-electron chi connectivity index (χ0n) is 14.4. The first kappa shape index (κ1) is 18.1.